The van der Waals surface area contributed by atoms with Crippen molar-refractivity contribution in [2.75, 3.05) is 31.7 Å². The van der Waals surface area contributed by atoms with Crippen LogP contribution in [0.3, 0.4) is 0 Å². The molecule has 3 aliphatic rings. The first-order valence-electron chi connectivity index (χ1n) is 10.4. The van der Waals surface area contributed by atoms with E-state index in [4.69, 9.17) is 4.74 Å². The van der Waals surface area contributed by atoms with Gasteiger partial charge < -0.3 is 15.0 Å². The number of carbonyl (C=O) groups is 1. The normalized spacial score (nSPS) is 21.2. The summed E-state index contributed by atoms with van der Waals surface area (Å²) < 4.78 is 60.4. The van der Waals surface area contributed by atoms with Crippen molar-refractivity contribution in [3.63, 3.8) is 0 Å². The highest BCUT2D eigenvalue weighted by Gasteiger charge is 2.37. The minimum Gasteiger partial charge on any atom is -0.362 e. The van der Waals surface area contributed by atoms with Gasteiger partial charge in [-0.25, -0.2) is 18.6 Å². The number of hydrogen-bond donors (Lipinski definition) is 1. The second kappa shape index (κ2) is 8.18. The summed E-state index contributed by atoms with van der Waals surface area (Å²) in [6.07, 6.45) is 3.76. The van der Waals surface area contributed by atoms with Gasteiger partial charge in [-0.05, 0) is 34.9 Å². The summed E-state index contributed by atoms with van der Waals surface area (Å²) in [5.74, 6) is -4.49. The summed E-state index contributed by atoms with van der Waals surface area (Å²) in [6.45, 7) is 0.0160. The van der Waals surface area contributed by atoms with Crippen LogP contribution in [0.2, 0.25) is 0 Å². The molecule has 0 unspecified atom stereocenters. The number of fused-ring (bicyclic) bond motifs is 1. The number of ether oxygens (including phenoxy) is 1. The first-order chi connectivity index (χ1) is 15.8. The number of nitrogens with zero attached hydrogens (tertiary/aromatic N) is 3. The van der Waals surface area contributed by atoms with Crippen LogP contribution in [0.4, 0.5) is 28.0 Å². The molecule has 2 aromatic rings. The Kier molecular flexibility index (Phi) is 5.32. The van der Waals surface area contributed by atoms with E-state index in [0.29, 0.717) is 30.8 Å². The number of alkyl halides is 2. The van der Waals surface area contributed by atoms with Gasteiger partial charge in [0.1, 0.15) is 25.0 Å². The number of rotatable bonds is 2. The Morgan fingerprint density at radius 1 is 1.15 bits per heavy atom. The maximum absolute atomic E-state index is 14.1. The lowest BCUT2D eigenvalue weighted by molar-refractivity contribution is -0.0744. The van der Waals surface area contributed by atoms with Crippen molar-refractivity contribution in [1.82, 2.24) is 9.91 Å². The second-order valence-electron chi connectivity index (χ2n) is 8.22. The molecule has 0 bridgehead atoms. The molecule has 33 heavy (non-hydrogen) atoms. The maximum atomic E-state index is 14.1. The first kappa shape index (κ1) is 21.4. The van der Waals surface area contributed by atoms with Gasteiger partial charge in [-0.15, -0.1) is 0 Å². The first-order valence-corrected chi connectivity index (χ1v) is 10.4. The van der Waals surface area contributed by atoms with Gasteiger partial charge in [0.05, 0.1) is 6.04 Å². The van der Waals surface area contributed by atoms with E-state index in [1.807, 2.05) is 6.08 Å². The van der Waals surface area contributed by atoms with E-state index in [1.54, 1.807) is 23.2 Å². The molecule has 0 saturated carbocycles. The molecule has 0 radical (unpaired) electrons. The largest absolute Gasteiger partial charge is 0.362 e. The Morgan fingerprint density at radius 3 is 2.67 bits per heavy atom. The number of urea groups is 1. The van der Waals surface area contributed by atoms with E-state index < -0.39 is 30.2 Å². The highest BCUT2D eigenvalue weighted by molar-refractivity contribution is 5.81. The molecule has 0 spiro atoms. The molecule has 172 valence electrons. The second-order valence-corrected chi connectivity index (χ2v) is 8.22. The summed E-state index contributed by atoms with van der Waals surface area (Å²) in [7, 11) is 0. The van der Waals surface area contributed by atoms with Gasteiger partial charge in [0.25, 0.3) is 5.92 Å². The fraction of sp³-hybridized carbons (Fsp3) is 0.304. The molecule has 3 aliphatic heterocycles. The topological polar surface area (TPSA) is 57.2 Å². The Bertz CT molecular complexity index is 1140. The van der Waals surface area contributed by atoms with Crippen LogP contribution < -0.4 is 5.32 Å². The Balaban J connectivity index is 1.27. The van der Waals surface area contributed by atoms with Gasteiger partial charge in [-0.3, -0.25) is 0 Å². The average Bonchev–Trinajstić information content (AvgIpc) is 3.17. The molecule has 3 heterocycles. The van der Waals surface area contributed by atoms with Crippen molar-refractivity contribution in [1.29, 1.82) is 0 Å². The molecule has 1 atom stereocenters. The van der Waals surface area contributed by atoms with Crippen LogP contribution in [0.1, 0.15) is 29.2 Å². The molecule has 2 amide bonds. The number of halogens is 4. The lowest BCUT2D eigenvalue weighted by Crippen LogP contribution is -2.49. The summed E-state index contributed by atoms with van der Waals surface area (Å²) >= 11 is 0. The van der Waals surface area contributed by atoms with Crippen LogP contribution in [-0.2, 0) is 10.7 Å². The Labute approximate surface area is 187 Å². The summed E-state index contributed by atoms with van der Waals surface area (Å²) in [6, 6.07) is 6.87. The van der Waals surface area contributed by atoms with Gasteiger partial charge in [-0.2, -0.15) is 13.9 Å². The molecule has 6 nitrogen and oxygen atoms in total. The van der Waals surface area contributed by atoms with Crippen LogP contribution >= 0.6 is 0 Å². The van der Waals surface area contributed by atoms with Crippen LogP contribution in [0.5, 0.6) is 0 Å². The van der Waals surface area contributed by atoms with E-state index in [2.05, 4.69) is 10.4 Å². The minimum absolute atomic E-state index is 0.00235. The van der Waals surface area contributed by atoms with Gasteiger partial charge in [0.15, 0.2) is 0 Å². The zero-order valence-corrected chi connectivity index (χ0v) is 17.4. The molecular formula is C23H20F4N4O2. The predicted molar refractivity (Wildman–Crippen MR) is 114 cm³/mol. The molecule has 0 aromatic heterocycles. The summed E-state index contributed by atoms with van der Waals surface area (Å²) in [5.41, 5.74) is 2.22. The zero-order chi connectivity index (χ0) is 23.2. The van der Waals surface area contributed by atoms with Crippen molar-refractivity contribution in [2.24, 2.45) is 5.10 Å². The molecule has 0 aliphatic carbocycles. The Morgan fingerprint density at radius 2 is 1.91 bits per heavy atom. The third-order valence-electron chi connectivity index (χ3n) is 5.81. The molecule has 5 rings (SSSR count). The SMILES string of the molecule is O=C(N1CC(=Cc2ccc3c(c2)NCOCC3(F)F)C1)N1N=CC[C@H]1c1cc(F)cc(F)c1. The number of anilines is 1. The predicted octanol–water partition coefficient (Wildman–Crippen LogP) is 4.71. The standard InChI is InChI=1S/C23H20F4N4O2/c24-17-7-16(8-18(25)9-17)21-3-4-29-31(21)22(32)30-10-15(11-30)5-14-1-2-19-20(6-14)28-13-33-12-23(19,26)27/h1-2,4-9,21,28H,3,10-13H2/t21-/m0/s1. The van der Waals surface area contributed by atoms with Crippen LogP contribution in [-0.4, -0.2) is 48.6 Å². The fourth-order valence-electron chi connectivity index (χ4n) is 4.20. The molecular weight excluding hydrogens is 440 g/mol. The highest BCUT2D eigenvalue weighted by Crippen LogP contribution is 2.37. The van der Waals surface area contributed by atoms with E-state index in [-0.39, 0.29) is 18.3 Å². The van der Waals surface area contributed by atoms with Gasteiger partial charge in [0, 0.05) is 43.0 Å². The summed E-state index contributed by atoms with van der Waals surface area (Å²) in [4.78, 5) is 14.5. The number of amides is 2. The van der Waals surface area contributed by atoms with E-state index >= 15 is 0 Å². The van der Waals surface area contributed by atoms with Crippen LogP contribution in [0, 0.1) is 11.6 Å². The van der Waals surface area contributed by atoms with Crippen LogP contribution in [0.25, 0.3) is 6.08 Å². The number of benzene rings is 2. The quantitative estimate of drug-likeness (QED) is 0.661. The molecule has 1 fully saturated rings. The highest BCUT2D eigenvalue weighted by atomic mass is 19.3. The summed E-state index contributed by atoms with van der Waals surface area (Å²) in [5, 5.41) is 8.18. The fourth-order valence-corrected chi connectivity index (χ4v) is 4.20. The van der Waals surface area contributed by atoms with Gasteiger partial charge in [0.2, 0.25) is 0 Å². The number of nitrogens with one attached hydrogen (secondary N) is 1. The van der Waals surface area contributed by atoms with Gasteiger partial charge in [-0.1, -0.05) is 18.2 Å². The molecule has 1 N–H and O–H groups in total. The van der Waals surface area contributed by atoms with E-state index in [1.165, 1.54) is 23.2 Å². The smallest absolute Gasteiger partial charge is 0.341 e. The van der Waals surface area contributed by atoms with E-state index in [9.17, 15) is 22.4 Å². The number of hydrogen-bond acceptors (Lipinski definition) is 4. The van der Waals surface area contributed by atoms with Crippen molar-refractivity contribution >= 4 is 24.0 Å². The van der Waals surface area contributed by atoms with Crippen LogP contribution in [0.15, 0.2) is 47.1 Å². The van der Waals surface area contributed by atoms with Gasteiger partial charge >= 0.3 is 6.03 Å². The van der Waals surface area contributed by atoms with E-state index in [0.717, 1.165) is 17.2 Å². The van der Waals surface area contributed by atoms with Crippen molar-refractivity contribution in [2.45, 2.75) is 18.4 Å². The third kappa shape index (κ3) is 4.18. The molecule has 1 saturated heterocycles. The molecule has 10 heteroatoms. The average molecular weight is 460 g/mol. The number of likely N-dealkylation sites (tertiary alicyclic amines) is 1. The Hall–Kier alpha value is -3.40. The maximum Gasteiger partial charge on any atom is 0.341 e. The van der Waals surface area contributed by atoms with Crippen molar-refractivity contribution in [3.8, 4) is 0 Å². The monoisotopic (exact) mass is 460 g/mol. The number of hydrazone groups is 1. The van der Waals surface area contributed by atoms with Crippen molar-refractivity contribution in [3.05, 3.63) is 70.3 Å². The lowest BCUT2D eigenvalue weighted by atomic mass is 10.00. The minimum atomic E-state index is -3.07. The number of carbonyl (C=O) groups excluding carboxylic acids is 1. The lowest BCUT2D eigenvalue weighted by Gasteiger charge is -2.37. The third-order valence-corrected chi connectivity index (χ3v) is 5.81. The molecule has 2 aromatic carbocycles. The van der Waals surface area contributed by atoms with Crippen molar-refractivity contribution < 1.29 is 27.1 Å². The zero-order valence-electron chi connectivity index (χ0n) is 17.4.